The summed E-state index contributed by atoms with van der Waals surface area (Å²) in [4.78, 5) is 18.9. The molecule has 1 amide bonds. The fourth-order valence-electron chi connectivity index (χ4n) is 3.26. The summed E-state index contributed by atoms with van der Waals surface area (Å²) in [5.41, 5.74) is 0.613. The number of anilines is 2. The first-order chi connectivity index (χ1) is 14.6. The third kappa shape index (κ3) is 6.55. The van der Waals surface area contributed by atoms with Crippen LogP contribution in [0.4, 0.5) is 16.3 Å². The predicted octanol–water partition coefficient (Wildman–Crippen LogP) is 5.93. The van der Waals surface area contributed by atoms with Crippen molar-refractivity contribution in [2.45, 2.75) is 51.7 Å². The molecule has 1 aromatic carbocycles. The van der Waals surface area contributed by atoms with Crippen LogP contribution in [0.25, 0.3) is 0 Å². The maximum absolute atomic E-state index is 12.0. The van der Waals surface area contributed by atoms with E-state index in [0.29, 0.717) is 17.4 Å². The number of carbonyl (C=O) groups excluding carboxylic acids is 1. The van der Waals surface area contributed by atoms with E-state index in [9.17, 15) is 4.79 Å². The topological polar surface area (TPSA) is 63.7 Å². The Bertz CT molecular complexity index is 843. The fraction of sp³-hybridized carbons (Fsp3) is 0.500. The molecule has 0 radical (unpaired) electrons. The lowest BCUT2D eigenvalue weighted by molar-refractivity contribution is 0.205. The quantitative estimate of drug-likeness (QED) is 0.563. The molecule has 31 heavy (non-hydrogen) atoms. The molecular formula is C24H35N3O3Si. The molecule has 0 aliphatic carbocycles. The van der Waals surface area contributed by atoms with Crippen LogP contribution in [0, 0.1) is 5.92 Å². The Morgan fingerprint density at radius 3 is 2.39 bits per heavy atom. The number of benzene rings is 1. The lowest BCUT2D eigenvalue weighted by Crippen LogP contribution is -2.43. The van der Waals surface area contributed by atoms with E-state index < -0.39 is 14.4 Å². The SMILES string of the molecule is CC(C)(C)[Si](C)(C)OCC1CCN(c2ccc(NC(=O)Oc3ccccc3)cn2)CC1. The van der Waals surface area contributed by atoms with Crippen molar-refractivity contribution in [3.05, 3.63) is 48.7 Å². The minimum atomic E-state index is -1.69. The predicted molar refractivity (Wildman–Crippen MR) is 128 cm³/mol. The molecule has 1 aliphatic heterocycles. The number of carbonyl (C=O) groups is 1. The lowest BCUT2D eigenvalue weighted by Gasteiger charge is -2.39. The van der Waals surface area contributed by atoms with E-state index in [0.717, 1.165) is 38.4 Å². The van der Waals surface area contributed by atoms with E-state index in [1.165, 1.54) is 0 Å². The zero-order valence-corrected chi connectivity index (χ0v) is 20.4. The third-order valence-electron chi connectivity index (χ3n) is 6.37. The van der Waals surface area contributed by atoms with E-state index in [2.05, 4.69) is 49.1 Å². The van der Waals surface area contributed by atoms with Gasteiger partial charge in [-0.15, -0.1) is 0 Å². The van der Waals surface area contributed by atoms with E-state index in [1.807, 2.05) is 30.3 Å². The maximum atomic E-state index is 12.0. The van der Waals surface area contributed by atoms with Crippen LogP contribution in [-0.4, -0.2) is 39.1 Å². The molecule has 0 unspecified atom stereocenters. The average Bonchev–Trinajstić information content (AvgIpc) is 2.73. The smallest absolute Gasteiger partial charge is 0.417 e. The Morgan fingerprint density at radius 2 is 1.81 bits per heavy atom. The number of para-hydroxylation sites is 1. The van der Waals surface area contributed by atoms with Crippen molar-refractivity contribution in [2.75, 3.05) is 29.9 Å². The van der Waals surface area contributed by atoms with Gasteiger partial charge in [-0.05, 0) is 61.2 Å². The highest BCUT2D eigenvalue weighted by atomic mass is 28.4. The van der Waals surface area contributed by atoms with Crippen LogP contribution in [0.5, 0.6) is 5.75 Å². The van der Waals surface area contributed by atoms with Gasteiger partial charge >= 0.3 is 6.09 Å². The Kier molecular flexibility index (Phi) is 7.38. The summed E-state index contributed by atoms with van der Waals surface area (Å²) in [7, 11) is -1.69. The number of nitrogens with zero attached hydrogens (tertiary/aromatic N) is 2. The minimum absolute atomic E-state index is 0.251. The van der Waals surface area contributed by atoms with Gasteiger partial charge in [0.1, 0.15) is 11.6 Å². The van der Waals surface area contributed by atoms with Crippen molar-refractivity contribution in [1.29, 1.82) is 0 Å². The van der Waals surface area contributed by atoms with Gasteiger partial charge in [-0.25, -0.2) is 9.78 Å². The van der Waals surface area contributed by atoms with Crippen molar-refractivity contribution in [3.63, 3.8) is 0 Å². The van der Waals surface area contributed by atoms with Gasteiger partial charge in [-0.3, -0.25) is 5.32 Å². The molecule has 0 spiro atoms. The van der Waals surface area contributed by atoms with Crippen molar-refractivity contribution in [2.24, 2.45) is 5.92 Å². The zero-order valence-electron chi connectivity index (χ0n) is 19.4. The van der Waals surface area contributed by atoms with Gasteiger partial charge in [-0.2, -0.15) is 0 Å². The van der Waals surface area contributed by atoms with E-state index in [4.69, 9.17) is 9.16 Å². The van der Waals surface area contributed by atoms with Gasteiger partial charge in [0.05, 0.1) is 11.9 Å². The Labute approximate surface area is 187 Å². The first-order valence-electron chi connectivity index (χ1n) is 11.0. The minimum Gasteiger partial charge on any atom is -0.417 e. The summed E-state index contributed by atoms with van der Waals surface area (Å²) in [6, 6.07) is 12.8. The number of pyridine rings is 1. The van der Waals surface area contributed by atoms with E-state index >= 15 is 0 Å². The summed E-state index contributed by atoms with van der Waals surface area (Å²) in [5, 5.41) is 2.97. The maximum Gasteiger partial charge on any atom is 0.417 e. The molecule has 0 saturated carbocycles. The summed E-state index contributed by atoms with van der Waals surface area (Å²) in [6.45, 7) is 14.3. The van der Waals surface area contributed by atoms with Crippen molar-refractivity contribution >= 4 is 25.9 Å². The number of hydrogen-bond donors (Lipinski definition) is 1. The molecule has 1 N–H and O–H groups in total. The molecule has 0 bridgehead atoms. The Hall–Kier alpha value is -2.38. The van der Waals surface area contributed by atoms with Crippen LogP contribution < -0.4 is 15.0 Å². The zero-order chi connectivity index (χ0) is 22.5. The molecule has 2 heterocycles. The molecule has 2 aromatic rings. The van der Waals surface area contributed by atoms with E-state index in [-0.39, 0.29) is 5.04 Å². The second-order valence-electron chi connectivity index (χ2n) is 9.73. The monoisotopic (exact) mass is 441 g/mol. The molecule has 1 fully saturated rings. The highest BCUT2D eigenvalue weighted by Crippen LogP contribution is 2.37. The van der Waals surface area contributed by atoms with Crippen molar-refractivity contribution in [3.8, 4) is 5.75 Å². The van der Waals surface area contributed by atoms with Gasteiger partial charge in [-0.1, -0.05) is 39.0 Å². The summed E-state index contributed by atoms with van der Waals surface area (Å²) in [5.74, 6) is 2.05. The van der Waals surface area contributed by atoms with Crippen LogP contribution in [-0.2, 0) is 4.43 Å². The van der Waals surface area contributed by atoms with E-state index in [1.54, 1.807) is 18.3 Å². The molecule has 6 nitrogen and oxygen atoms in total. The van der Waals surface area contributed by atoms with Crippen molar-refractivity contribution in [1.82, 2.24) is 4.98 Å². The second-order valence-corrected chi connectivity index (χ2v) is 14.5. The van der Waals surface area contributed by atoms with Crippen LogP contribution in [0.15, 0.2) is 48.7 Å². The van der Waals surface area contributed by atoms with Gasteiger partial charge in [0.15, 0.2) is 8.32 Å². The standard InChI is InChI=1S/C24H35N3O3Si/c1-24(2,3)31(4,5)29-18-19-13-15-27(16-14-19)22-12-11-20(17-25-22)26-23(28)30-21-9-7-6-8-10-21/h6-12,17,19H,13-16,18H2,1-5H3,(H,26,28). The second kappa shape index (κ2) is 9.83. The summed E-state index contributed by atoms with van der Waals surface area (Å²) < 4.78 is 11.7. The average molecular weight is 442 g/mol. The Balaban J connectivity index is 1.45. The number of rotatable bonds is 6. The van der Waals surface area contributed by atoms with Crippen LogP contribution in [0.1, 0.15) is 33.6 Å². The Morgan fingerprint density at radius 1 is 1.13 bits per heavy atom. The highest BCUT2D eigenvalue weighted by molar-refractivity contribution is 6.74. The summed E-state index contributed by atoms with van der Waals surface area (Å²) >= 11 is 0. The van der Waals surface area contributed by atoms with Gasteiger partial charge < -0.3 is 14.1 Å². The molecule has 1 saturated heterocycles. The molecule has 1 aliphatic rings. The summed E-state index contributed by atoms with van der Waals surface area (Å²) in [6.07, 6.45) is 3.37. The fourth-order valence-corrected chi connectivity index (χ4v) is 4.34. The molecule has 3 rings (SSSR count). The number of nitrogens with one attached hydrogen (secondary N) is 1. The first-order valence-corrected chi connectivity index (χ1v) is 13.9. The number of hydrogen-bond acceptors (Lipinski definition) is 5. The lowest BCUT2D eigenvalue weighted by atomic mass is 9.98. The number of ether oxygens (including phenoxy) is 1. The molecule has 0 atom stereocenters. The van der Waals surface area contributed by atoms with Gasteiger partial charge in [0.25, 0.3) is 0 Å². The number of amides is 1. The third-order valence-corrected chi connectivity index (χ3v) is 10.9. The van der Waals surface area contributed by atoms with Crippen LogP contribution >= 0.6 is 0 Å². The van der Waals surface area contributed by atoms with Gasteiger partial charge in [0.2, 0.25) is 0 Å². The largest absolute Gasteiger partial charge is 0.417 e. The number of piperidine rings is 1. The van der Waals surface area contributed by atoms with Crippen LogP contribution in [0.3, 0.4) is 0 Å². The first kappa shape index (κ1) is 23.3. The normalized spacial score (nSPS) is 15.6. The molecule has 168 valence electrons. The van der Waals surface area contributed by atoms with Crippen LogP contribution in [0.2, 0.25) is 18.1 Å². The van der Waals surface area contributed by atoms with Gasteiger partial charge in [0, 0.05) is 19.7 Å². The number of aromatic nitrogens is 1. The molecule has 7 heteroatoms. The molecule has 1 aromatic heterocycles. The molecular weight excluding hydrogens is 406 g/mol. The highest BCUT2D eigenvalue weighted by Gasteiger charge is 2.37. The van der Waals surface area contributed by atoms with Crippen molar-refractivity contribution < 1.29 is 14.0 Å².